The van der Waals surface area contributed by atoms with Gasteiger partial charge >= 0.3 is 0 Å². The van der Waals surface area contributed by atoms with Gasteiger partial charge in [0.05, 0.1) is 27.9 Å². The van der Waals surface area contributed by atoms with E-state index in [-0.39, 0.29) is 0 Å². The van der Waals surface area contributed by atoms with Crippen LogP contribution >= 0.6 is 11.8 Å². The summed E-state index contributed by atoms with van der Waals surface area (Å²) in [5.41, 5.74) is 0.970. The molecular weight excluding hydrogens is 362 g/mol. The largest absolute Gasteiger partial charge is 0.493 e. The fourth-order valence-electron chi connectivity index (χ4n) is 3.14. The lowest BCUT2D eigenvalue weighted by Crippen LogP contribution is -2.49. The van der Waals surface area contributed by atoms with Gasteiger partial charge in [-0.05, 0) is 25.0 Å². The van der Waals surface area contributed by atoms with Gasteiger partial charge in [0.15, 0.2) is 17.5 Å². The summed E-state index contributed by atoms with van der Waals surface area (Å²) < 4.78 is 16.4. The van der Waals surface area contributed by atoms with E-state index >= 15 is 0 Å². The summed E-state index contributed by atoms with van der Waals surface area (Å²) in [6.07, 6.45) is 0. The predicted molar refractivity (Wildman–Crippen MR) is 114 cm³/mol. The van der Waals surface area contributed by atoms with E-state index in [4.69, 9.17) is 19.2 Å². The second kappa shape index (κ2) is 10.5. The van der Waals surface area contributed by atoms with Crippen LogP contribution < -0.4 is 19.5 Å². The van der Waals surface area contributed by atoms with Gasteiger partial charge in [-0.1, -0.05) is 13.8 Å². The Labute approximate surface area is 167 Å². The molecule has 1 saturated heterocycles. The van der Waals surface area contributed by atoms with Crippen molar-refractivity contribution in [3.05, 3.63) is 17.7 Å². The first-order chi connectivity index (χ1) is 13.0. The van der Waals surface area contributed by atoms with Crippen molar-refractivity contribution in [2.24, 2.45) is 10.9 Å². The van der Waals surface area contributed by atoms with Crippen LogP contribution in [0.2, 0.25) is 0 Å². The van der Waals surface area contributed by atoms with Crippen LogP contribution in [-0.4, -0.2) is 62.8 Å². The lowest BCUT2D eigenvalue weighted by Gasteiger charge is -2.36. The summed E-state index contributed by atoms with van der Waals surface area (Å²) in [6.45, 7) is 10.1. The van der Waals surface area contributed by atoms with Crippen LogP contribution in [0.25, 0.3) is 0 Å². The highest BCUT2D eigenvalue weighted by molar-refractivity contribution is 8.00. The van der Waals surface area contributed by atoms with Gasteiger partial charge in [0.2, 0.25) is 5.75 Å². The van der Waals surface area contributed by atoms with Crippen molar-refractivity contribution in [3.8, 4) is 17.2 Å². The minimum atomic E-state index is 0.516. The normalized spacial score (nSPS) is 17.8. The van der Waals surface area contributed by atoms with Gasteiger partial charge in [0, 0.05) is 36.2 Å². The standard InChI is InChI=1S/C20H33N3O3S/c1-7-21-20(23-10-11-27-17(13-23)14(2)3)22-12-15-8-9-16(24-4)19(26-6)18(15)25-5/h8-9,14,17H,7,10-13H2,1-6H3,(H,21,22). The molecule has 2 rings (SSSR count). The van der Waals surface area contributed by atoms with Crippen molar-refractivity contribution in [1.82, 2.24) is 10.2 Å². The highest BCUT2D eigenvalue weighted by Crippen LogP contribution is 2.40. The molecule has 0 aromatic heterocycles. The Kier molecular flexibility index (Phi) is 8.41. The maximum Gasteiger partial charge on any atom is 0.203 e. The van der Waals surface area contributed by atoms with E-state index in [9.17, 15) is 0 Å². The first-order valence-corrected chi connectivity index (χ1v) is 10.5. The topological polar surface area (TPSA) is 55.3 Å². The molecule has 1 atom stereocenters. The van der Waals surface area contributed by atoms with Crippen LogP contribution in [0.1, 0.15) is 26.3 Å². The quantitative estimate of drug-likeness (QED) is 0.565. The highest BCUT2D eigenvalue weighted by atomic mass is 32.2. The molecule has 1 heterocycles. The van der Waals surface area contributed by atoms with Crippen LogP contribution in [0.3, 0.4) is 0 Å². The second-order valence-electron chi connectivity index (χ2n) is 6.76. The van der Waals surface area contributed by atoms with Crippen molar-refractivity contribution in [2.75, 3.05) is 46.7 Å². The van der Waals surface area contributed by atoms with Crippen molar-refractivity contribution >= 4 is 17.7 Å². The van der Waals surface area contributed by atoms with Gasteiger partial charge in [-0.2, -0.15) is 11.8 Å². The molecule has 1 fully saturated rings. The van der Waals surface area contributed by atoms with E-state index in [1.54, 1.807) is 21.3 Å². The smallest absolute Gasteiger partial charge is 0.203 e. The molecule has 1 unspecified atom stereocenters. The third-order valence-electron chi connectivity index (χ3n) is 4.66. The molecule has 6 nitrogen and oxygen atoms in total. The minimum Gasteiger partial charge on any atom is -0.493 e. The first kappa shape index (κ1) is 21.5. The van der Waals surface area contributed by atoms with Crippen LogP contribution in [0.4, 0.5) is 0 Å². The van der Waals surface area contributed by atoms with Gasteiger partial charge in [-0.15, -0.1) is 0 Å². The van der Waals surface area contributed by atoms with Gasteiger partial charge in [-0.25, -0.2) is 4.99 Å². The Morgan fingerprint density at radius 3 is 2.56 bits per heavy atom. The molecule has 27 heavy (non-hydrogen) atoms. The number of aliphatic imine (C=N–C) groups is 1. The van der Waals surface area contributed by atoms with E-state index in [2.05, 4.69) is 42.7 Å². The summed E-state index contributed by atoms with van der Waals surface area (Å²) in [6, 6.07) is 3.88. The van der Waals surface area contributed by atoms with Gasteiger partial charge < -0.3 is 24.4 Å². The third kappa shape index (κ3) is 5.37. The zero-order chi connectivity index (χ0) is 19.8. The number of ether oxygens (including phenoxy) is 3. The Morgan fingerprint density at radius 1 is 1.22 bits per heavy atom. The molecule has 0 saturated carbocycles. The zero-order valence-electron chi connectivity index (χ0n) is 17.4. The predicted octanol–water partition coefficient (Wildman–Crippen LogP) is 3.25. The summed E-state index contributed by atoms with van der Waals surface area (Å²) in [5.74, 6) is 4.68. The third-order valence-corrected chi connectivity index (χ3v) is 6.20. The van der Waals surface area contributed by atoms with Crippen molar-refractivity contribution in [1.29, 1.82) is 0 Å². The molecule has 7 heteroatoms. The molecule has 1 aromatic carbocycles. The molecule has 0 aliphatic carbocycles. The molecule has 152 valence electrons. The minimum absolute atomic E-state index is 0.516. The number of hydrogen-bond acceptors (Lipinski definition) is 5. The van der Waals surface area contributed by atoms with E-state index in [1.807, 2.05) is 12.1 Å². The average Bonchev–Trinajstić information content (AvgIpc) is 2.70. The molecule has 0 spiro atoms. The van der Waals surface area contributed by atoms with Crippen molar-refractivity contribution in [3.63, 3.8) is 0 Å². The maximum atomic E-state index is 5.58. The number of nitrogens with one attached hydrogen (secondary N) is 1. The Bertz CT molecular complexity index is 637. The van der Waals surface area contributed by atoms with Gasteiger partial charge in [0.1, 0.15) is 0 Å². The molecule has 0 bridgehead atoms. The highest BCUT2D eigenvalue weighted by Gasteiger charge is 2.25. The SMILES string of the molecule is CCNC(=NCc1ccc(OC)c(OC)c1OC)N1CCSC(C(C)C)C1. The molecule has 1 aliphatic rings. The second-order valence-corrected chi connectivity index (χ2v) is 8.11. The number of rotatable bonds is 7. The molecule has 1 aromatic rings. The first-order valence-electron chi connectivity index (χ1n) is 9.48. The average molecular weight is 396 g/mol. The van der Waals surface area contributed by atoms with Crippen LogP contribution in [-0.2, 0) is 6.54 Å². The van der Waals surface area contributed by atoms with Crippen molar-refractivity contribution < 1.29 is 14.2 Å². The lowest BCUT2D eigenvalue weighted by molar-refractivity contribution is 0.322. The van der Waals surface area contributed by atoms with Crippen LogP contribution in [0, 0.1) is 5.92 Å². The van der Waals surface area contributed by atoms with Crippen LogP contribution in [0.15, 0.2) is 17.1 Å². The Balaban J connectivity index is 2.24. The number of methoxy groups -OCH3 is 3. The maximum absolute atomic E-state index is 5.58. The monoisotopic (exact) mass is 395 g/mol. The summed E-state index contributed by atoms with van der Waals surface area (Å²) in [5, 5.41) is 4.08. The Morgan fingerprint density at radius 2 is 1.96 bits per heavy atom. The zero-order valence-corrected chi connectivity index (χ0v) is 18.2. The van der Waals surface area contributed by atoms with Gasteiger partial charge in [0.25, 0.3) is 0 Å². The van der Waals surface area contributed by atoms with Gasteiger partial charge in [-0.3, -0.25) is 0 Å². The summed E-state index contributed by atoms with van der Waals surface area (Å²) >= 11 is 2.07. The van der Waals surface area contributed by atoms with Crippen molar-refractivity contribution in [2.45, 2.75) is 32.6 Å². The number of nitrogens with zero attached hydrogens (tertiary/aromatic N) is 2. The summed E-state index contributed by atoms with van der Waals surface area (Å²) in [4.78, 5) is 7.26. The van der Waals surface area contributed by atoms with Crippen LogP contribution in [0.5, 0.6) is 17.2 Å². The van der Waals surface area contributed by atoms with E-state index < -0.39 is 0 Å². The van der Waals surface area contributed by atoms with E-state index in [0.29, 0.717) is 35.0 Å². The molecule has 1 N–H and O–H groups in total. The molecule has 1 aliphatic heterocycles. The number of hydrogen-bond donors (Lipinski definition) is 1. The summed E-state index contributed by atoms with van der Waals surface area (Å²) in [7, 11) is 4.89. The molecule has 0 radical (unpaired) electrons. The van der Waals surface area contributed by atoms with E-state index in [0.717, 1.165) is 36.9 Å². The molecule has 0 amide bonds. The number of benzene rings is 1. The number of thioether (sulfide) groups is 1. The number of guanidine groups is 1. The lowest BCUT2D eigenvalue weighted by atomic mass is 10.1. The van der Waals surface area contributed by atoms with E-state index in [1.165, 1.54) is 0 Å². The Hall–Kier alpha value is -1.76. The molecular formula is C20H33N3O3S. The fourth-order valence-corrected chi connectivity index (χ4v) is 4.44. The fraction of sp³-hybridized carbons (Fsp3) is 0.650.